The van der Waals surface area contributed by atoms with Crippen molar-refractivity contribution < 1.29 is 14.6 Å². The van der Waals surface area contributed by atoms with E-state index in [0.717, 1.165) is 11.1 Å². The van der Waals surface area contributed by atoms with Crippen LogP contribution in [0, 0.1) is 6.92 Å². The van der Waals surface area contributed by atoms with Gasteiger partial charge in [0.1, 0.15) is 5.75 Å². The van der Waals surface area contributed by atoms with Crippen LogP contribution in [-0.4, -0.2) is 29.3 Å². The van der Waals surface area contributed by atoms with Crippen LogP contribution in [0.15, 0.2) is 12.1 Å². The summed E-state index contributed by atoms with van der Waals surface area (Å²) in [6.45, 7) is 11.2. The Labute approximate surface area is 127 Å². The Bertz CT molecular complexity index is 522. The minimum atomic E-state index is -0.895. The summed E-state index contributed by atoms with van der Waals surface area (Å²) < 4.78 is 5.35. The van der Waals surface area contributed by atoms with Crippen LogP contribution in [0.25, 0.3) is 0 Å². The lowest BCUT2D eigenvalue weighted by Gasteiger charge is -2.25. The summed E-state index contributed by atoms with van der Waals surface area (Å²) in [6, 6.07) is 3.70. The van der Waals surface area contributed by atoms with Crippen molar-refractivity contribution in [2.24, 2.45) is 0 Å². The third-order valence-electron chi connectivity index (χ3n) is 3.05. The van der Waals surface area contributed by atoms with Gasteiger partial charge in [-0.05, 0) is 58.7 Å². The maximum atomic E-state index is 12.6. The first-order chi connectivity index (χ1) is 9.44. The molecule has 1 rings (SSSR count). The first-order valence-electron chi connectivity index (χ1n) is 7.16. The highest BCUT2D eigenvalue weighted by Gasteiger charge is 2.26. The number of amides is 1. The molecule has 1 aromatic rings. The highest BCUT2D eigenvalue weighted by atomic mass is 16.5. The van der Waals surface area contributed by atoms with E-state index in [-0.39, 0.29) is 11.4 Å². The van der Waals surface area contributed by atoms with Gasteiger partial charge in [-0.25, -0.2) is 0 Å². The third kappa shape index (κ3) is 5.05. The number of benzene rings is 1. The van der Waals surface area contributed by atoms with Gasteiger partial charge in [0.05, 0.1) is 18.3 Å². The molecule has 4 nitrogen and oxygen atoms in total. The molecule has 118 valence electrons. The topological polar surface area (TPSA) is 58.6 Å². The lowest BCUT2D eigenvalue weighted by atomic mass is 9.90. The second kappa shape index (κ2) is 6.06. The van der Waals surface area contributed by atoms with Crippen LogP contribution in [0.2, 0.25) is 0 Å². The Hall–Kier alpha value is -1.55. The number of aliphatic hydroxyl groups is 1. The van der Waals surface area contributed by atoms with Gasteiger partial charge in [0.25, 0.3) is 5.91 Å². The van der Waals surface area contributed by atoms with Crippen molar-refractivity contribution in [1.29, 1.82) is 0 Å². The first-order valence-corrected chi connectivity index (χ1v) is 7.16. The minimum absolute atomic E-state index is 0.178. The van der Waals surface area contributed by atoms with Crippen molar-refractivity contribution in [1.82, 2.24) is 5.32 Å². The van der Waals surface area contributed by atoms with E-state index in [1.165, 1.54) is 0 Å². The van der Waals surface area contributed by atoms with Gasteiger partial charge in [-0.2, -0.15) is 0 Å². The number of hydrogen-bond acceptors (Lipinski definition) is 3. The number of rotatable bonds is 4. The summed E-state index contributed by atoms with van der Waals surface area (Å²) in [4.78, 5) is 12.6. The van der Waals surface area contributed by atoms with Gasteiger partial charge in [0.2, 0.25) is 0 Å². The number of nitrogens with one attached hydrogen (secondary N) is 1. The van der Waals surface area contributed by atoms with Crippen LogP contribution in [0.4, 0.5) is 0 Å². The molecule has 0 aliphatic carbocycles. The van der Waals surface area contributed by atoms with Crippen molar-refractivity contribution in [3.8, 4) is 5.75 Å². The summed E-state index contributed by atoms with van der Waals surface area (Å²) >= 11 is 0. The summed E-state index contributed by atoms with van der Waals surface area (Å²) in [6.07, 6.45) is 0.392. The molecule has 0 bridgehead atoms. The predicted octanol–water partition coefficient (Wildman–Crippen LogP) is 2.85. The summed E-state index contributed by atoms with van der Waals surface area (Å²) in [7, 11) is 1.55. The number of carbonyl (C=O) groups excluding carboxylic acids is 1. The third-order valence-corrected chi connectivity index (χ3v) is 3.05. The molecular weight excluding hydrogens is 266 g/mol. The normalized spacial score (nSPS) is 12.2. The van der Waals surface area contributed by atoms with Crippen molar-refractivity contribution in [3.63, 3.8) is 0 Å². The molecule has 4 heteroatoms. The van der Waals surface area contributed by atoms with E-state index < -0.39 is 5.60 Å². The number of aryl methyl sites for hydroxylation is 1. The van der Waals surface area contributed by atoms with E-state index in [9.17, 15) is 9.90 Å². The van der Waals surface area contributed by atoms with Crippen LogP contribution in [0.3, 0.4) is 0 Å². The standard InChI is InChI=1S/C17H27NO3/c1-11-8-9-13(21-7)14(12(11)10-17(5,6)20)15(19)18-16(2,3)4/h8-9,20H,10H2,1-7H3,(H,18,19). The Morgan fingerprint density at radius 3 is 2.24 bits per heavy atom. The van der Waals surface area contributed by atoms with Crippen LogP contribution in [0.1, 0.15) is 56.1 Å². The number of hydrogen-bond donors (Lipinski definition) is 2. The molecule has 0 aromatic heterocycles. The molecule has 1 aromatic carbocycles. The van der Waals surface area contributed by atoms with Gasteiger partial charge in [0, 0.05) is 12.0 Å². The molecule has 21 heavy (non-hydrogen) atoms. The molecule has 0 saturated heterocycles. The highest BCUT2D eigenvalue weighted by molar-refractivity contribution is 5.99. The zero-order valence-corrected chi connectivity index (χ0v) is 14.1. The molecule has 0 saturated carbocycles. The smallest absolute Gasteiger partial charge is 0.255 e. The fraction of sp³-hybridized carbons (Fsp3) is 0.588. The molecule has 0 spiro atoms. The Morgan fingerprint density at radius 1 is 1.24 bits per heavy atom. The van der Waals surface area contributed by atoms with Gasteiger partial charge < -0.3 is 15.2 Å². The van der Waals surface area contributed by atoms with Gasteiger partial charge in [-0.15, -0.1) is 0 Å². The molecule has 0 heterocycles. The van der Waals surface area contributed by atoms with E-state index in [1.807, 2.05) is 33.8 Å². The SMILES string of the molecule is COc1ccc(C)c(CC(C)(C)O)c1C(=O)NC(C)(C)C. The predicted molar refractivity (Wildman–Crippen MR) is 85.0 cm³/mol. The van der Waals surface area contributed by atoms with Gasteiger partial charge in [-0.1, -0.05) is 6.07 Å². The average Bonchev–Trinajstić information content (AvgIpc) is 2.27. The van der Waals surface area contributed by atoms with Crippen LogP contribution in [0.5, 0.6) is 5.75 Å². The second-order valence-corrected chi connectivity index (χ2v) is 7.13. The number of carbonyl (C=O) groups is 1. The maximum absolute atomic E-state index is 12.6. The van der Waals surface area contributed by atoms with E-state index in [1.54, 1.807) is 27.0 Å². The molecule has 0 radical (unpaired) electrons. The van der Waals surface area contributed by atoms with Crippen LogP contribution >= 0.6 is 0 Å². The Balaban J connectivity index is 3.38. The molecular formula is C17H27NO3. The summed E-state index contributed by atoms with van der Waals surface area (Å²) in [5.41, 5.74) is 1.07. The molecule has 0 aliphatic rings. The molecule has 0 aliphatic heterocycles. The number of ether oxygens (including phenoxy) is 1. The van der Waals surface area contributed by atoms with Crippen molar-refractivity contribution in [2.75, 3.05) is 7.11 Å². The van der Waals surface area contributed by atoms with Crippen molar-refractivity contribution >= 4 is 5.91 Å². The van der Waals surface area contributed by atoms with E-state index in [0.29, 0.717) is 17.7 Å². The van der Waals surface area contributed by atoms with Gasteiger partial charge in [-0.3, -0.25) is 4.79 Å². The summed E-state index contributed by atoms with van der Waals surface area (Å²) in [5, 5.41) is 13.1. The maximum Gasteiger partial charge on any atom is 0.255 e. The largest absolute Gasteiger partial charge is 0.496 e. The van der Waals surface area contributed by atoms with E-state index in [2.05, 4.69) is 5.32 Å². The molecule has 0 unspecified atom stereocenters. The molecule has 1 amide bonds. The average molecular weight is 293 g/mol. The quantitative estimate of drug-likeness (QED) is 0.897. The lowest BCUT2D eigenvalue weighted by molar-refractivity contribution is 0.0798. The van der Waals surface area contributed by atoms with Crippen LogP contribution < -0.4 is 10.1 Å². The van der Waals surface area contributed by atoms with Gasteiger partial charge >= 0.3 is 0 Å². The zero-order chi connectivity index (χ0) is 16.4. The minimum Gasteiger partial charge on any atom is -0.496 e. The van der Waals surface area contributed by atoms with Crippen molar-refractivity contribution in [3.05, 3.63) is 28.8 Å². The first kappa shape index (κ1) is 17.5. The molecule has 2 N–H and O–H groups in total. The van der Waals surface area contributed by atoms with E-state index >= 15 is 0 Å². The molecule has 0 atom stereocenters. The summed E-state index contributed by atoms with van der Waals surface area (Å²) in [5.74, 6) is 0.351. The number of methoxy groups -OCH3 is 1. The Kier molecular flexibility index (Phi) is 5.05. The zero-order valence-electron chi connectivity index (χ0n) is 14.1. The molecule has 0 fully saturated rings. The van der Waals surface area contributed by atoms with Crippen molar-refractivity contribution in [2.45, 2.75) is 59.1 Å². The fourth-order valence-electron chi connectivity index (χ4n) is 2.21. The monoisotopic (exact) mass is 293 g/mol. The Morgan fingerprint density at radius 2 is 1.81 bits per heavy atom. The van der Waals surface area contributed by atoms with Crippen LogP contribution in [-0.2, 0) is 6.42 Å². The van der Waals surface area contributed by atoms with Gasteiger partial charge in [0.15, 0.2) is 0 Å². The lowest BCUT2D eigenvalue weighted by Crippen LogP contribution is -2.41. The van der Waals surface area contributed by atoms with E-state index in [4.69, 9.17) is 4.74 Å². The fourth-order valence-corrected chi connectivity index (χ4v) is 2.21. The highest BCUT2D eigenvalue weighted by Crippen LogP contribution is 2.29. The second-order valence-electron chi connectivity index (χ2n) is 7.13.